The van der Waals surface area contributed by atoms with E-state index in [9.17, 15) is 9.59 Å². The maximum Gasteiger partial charge on any atom is 0.251 e. The van der Waals surface area contributed by atoms with Gasteiger partial charge >= 0.3 is 0 Å². The first-order valence-corrected chi connectivity index (χ1v) is 9.06. The van der Waals surface area contributed by atoms with E-state index in [0.29, 0.717) is 17.4 Å². The van der Waals surface area contributed by atoms with E-state index in [0.717, 1.165) is 22.0 Å². The lowest BCUT2D eigenvalue weighted by Crippen LogP contribution is -2.30. The van der Waals surface area contributed by atoms with Crippen LogP contribution in [0, 0.1) is 13.8 Å². The predicted octanol–water partition coefficient (Wildman–Crippen LogP) is 2.20. The number of H-pyrrole nitrogens is 1. The van der Waals surface area contributed by atoms with Crippen LogP contribution in [0.25, 0.3) is 0 Å². The van der Waals surface area contributed by atoms with Crippen molar-refractivity contribution in [3.8, 4) is 0 Å². The summed E-state index contributed by atoms with van der Waals surface area (Å²) in [6.07, 6.45) is 0.901. The normalized spacial score (nSPS) is 12.2. The van der Waals surface area contributed by atoms with Gasteiger partial charge in [-0.25, -0.2) is 9.97 Å². The SMILES string of the molecule is CCc1nc(C)c(CNC(=O)[C@H](C)Sc2nc(C)cc(=O)[nH]2)s1. The van der Waals surface area contributed by atoms with Crippen molar-refractivity contribution in [3.05, 3.63) is 37.7 Å². The van der Waals surface area contributed by atoms with Gasteiger partial charge in [-0.2, -0.15) is 0 Å². The van der Waals surface area contributed by atoms with Gasteiger partial charge in [0.05, 0.1) is 22.5 Å². The van der Waals surface area contributed by atoms with Crippen LogP contribution in [0.4, 0.5) is 0 Å². The van der Waals surface area contributed by atoms with Gasteiger partial charge in [0, 0.05) is 16.6 Å². The molecule has 23 heavy (non-hydrogen) atoms. The van der Waals surface area contributed by atoms with Gasteiger partial charge in [-0.15, -0.1) is 11.3 Å². The highest BCUT2D eigenvalue weighted by Crippen LogP contribution is 2.20. The summed E-state index contributed by atoms with van der Waals surface area (Å²) in [5.74, 6) is -0.0926. The number of aryl methyl sites for hydroxylation is 3. The Bertz CT molecular complexity index is 754. The van der Waals surface area contributed by atoms with Crippen LogP contribution in [0.15, 0.2) is 16.0 Å². The summed E-state index contributed by atoms with van der Waals surface area (Å²) in [7, 11) is 0. The van der Waals surface area contributed by atoms with Gasteiger partial charge in [0.15, 0.2) is 5.16 Å². The van der Waals surface area contributed by atoms with E-state index in [1.807, 2.05) is 6.92 Å². The molecule has 6 nitrogen and oxygen atoms in total. The van der Waals surface area contributed by atoms with Crippen LogP contribution in [0.2, 0.25) is 0 Å². The van der Waals surface area contributed by atoms with Crippen LogP contribution >= 0.6 is 23.1 Å². The van der Waals surface area contributed by atoms with Crippen molar-refractivity contribution in [2.45, 2.75) is 51.1 Å². The topological polar surface area (TPSA) is 87.7 Å². The molecule has 0 saturated carbocycles. The second-order valence-electron chi connectivity index (χ2n) is 5.14. The molecular formula is C15H20N4O2S2. The van der Waals surface area contributed by atoms with E-state index in [2.05, 4.69) is 27.2 Å². The first-order chi connectivity index (χ1) is 10.9. The van der Waals surface area contributed by atoms with Crippen molar-refractivity contribution in [2.24, 2.45) is 0 Å². The van der Waals surface area contributed by atoms with Gasteiger partial charge in [-0.3, -0.25) is 9.59 Å². The average Bonchev–Trinajstić information content (AvgIpc) is 2.84. The molecule has 0 aliphatic rings. The van der Waals surface area contributed by atoms with Gasteiger partial charge in [-0.1, -0.05) is 18.7 Å². The fourth-order valence-electron chi connectivity index (χ4n) is 1.94. The second kappa shape index (κ2) is 7.74. The number of amides is 1. The number of aromatic nitrogens is 3. The molecule has 0 fully saturated rings. The first kappa shape index (κ1) is 17.7. The smallest absolute Gasteiger partial charge is 0.251 e. The molecule has 0 aliphatic heterocycles. The molecule has 1 amide bonds. The Morgan fingerprint density at radius 1 is 1.43 bits per heavy atom. The number of thiazole rings is 1. The van der Waals surface area contributed by atoms with Gasteiger partial charge in [0.2, 0.25) is 5.91 Å². The van der Waals surface area contributed by atoms with E-state index in [-0.39, 0.29) is 16.7 Å². The van der Waals surface area contributed by atoms with E-state index < -0.39 is 0 Å². The molecule has 0 bridgehead atoms. The Morgan fingerprint density at radius 2 is 2.17 bits per heavy atom. The zero-order valence-corrected chi connectivity index (χ0v) is 15.2. The Balaban J connectivity index is 1.94. The van der Waals surface area contributed by atoms with E-state index in [1.165, 1.54) is 17.8 Å². The number of aromatic amines is 1. The number of rotatable bonds is 6. The molecular weight excluding hydrogens is 332 g/mol. The molecule has 124 valence electrons. The molecule has 0 aliphatic carbocycles. The third-order valence-electron chi connectivity index (χ3n) is 3.17. The lowest BCUT2D eigenvalue weighted by molar-refractivity contribution is -0.120. The second-order valence-corrected chi connectivity index (χ2v) is 7.64. The van der Waals surface area contributed by atoms with Crippen molar-refractivity contribution < 1.29 is 4.79 Å². The lowest BCUT2D eigenvalue weighted by atomic mass is 10.3. The third kappa shape index (κ3) is 4.90. The average molecular weight is 352 g/mol. The minimum absolute atomic E-state index is 0.0926. The van der Waals surface area contributed by atoms with Crippen molar-refractivity contribution in [1.29, 1.82) is 0 Å². The summed E-state index contributed by atoms with van der Waals surface area (Å²) in [6, 6.07) is 1.42. The molecule has 0 spiro atoms. The van der Waals surface area contributed by atoms with Crippen LogP contribution in [-0.2, 0) is 17.8 Å². The molecule has 0 unspecified atom stereocenters. The van der Waals surface area contributed by atoms with Gasteiger partial charge in [0.1, 0.15) is 0 Å². The number of nitrogens with one attached hydrogen (secondary N) is 2. The van der Waals surface area contributed by atoms with E-state index in [4.69, 9.17) is 0 Å². The lowest BCUT2D eigenvalue weighted by Gasteiger charge is -2.11. The highest BCUT2D eigenvalue weighted by atomic mass is 32.2. The maximum absolute atomic E-state index is 12.2. The zero-order chi connectivity index (χ0) is 17.0. The number of carbonyl (C=O) groups is 1. The summed E-state index contributed by atoms with van der Waals surface area (Å²) in [5.41, 5.74) is 1.40. The molecule has 2 aromatic rings. The molecule has 0 aromatic carbocycles. The van der Waals surface area contributed by atoms with Gasteiger partial charge in [0.25, 0.3) is 5.56 Å². The van der Waals surface area contributed by atoms with Crippen molar-refractivity contribution in [2.75, 3.05) is 0 Å². The van der Waals surface area contributed by atoms with Crippen molar-refractivity contribution >= 4 is 29.0 Å². The Labute approximate surface area is 143 Å². The first-order valence-electron chi connectivity index (χ1n) is 7.36. The van der Waals surface area contributed by atoms with Crippen LogP contribution in [0.5, 0.6) is 0 Å². The summed E-state index contributed by atoms with van der Waals surface area (Å²) in [4.78, 5) is 36.0. The quantitative estimate of drug-likeness (QED) is 0.615. The molecule has 2 heterocycles. The zero-order valence-electron chi connectivity index (χ0n) is 13.6. The monoisotopic (exact) mass is 352 g/mol. The van der Waals surface area contributed by atoms with Gasteiger partial charge < -0.3 is 10.3 Å². The highest BCUT2D eigenvalue weighted by Gasteiger charge is 2.16. The summed E-state index contributed by atoms with van der Waals surface area (Å²) in [6.45, 7) is 8.04. The minimum Gasteiger partial charge on any atom is -0.350 e. The summed E-state index contributed by atoms with van der Waals surface area (Å²) in [5, 5.41) is 4.11. The molecule has 2 aromatic heterocycles. The fraction of sp³-hybridized carbons (Fsp3) is 0.467. The fourth-order valence-corrected chi connectivity index (χ4v) is 3.77. The Kier molecular flexibility index (Phi) is 5.95. The largest absolute Gasteiger partial charge is 0.350 e. The van der Waals surface area contributed by atoms with Crippen LogP contribution in [0.3, 0.4) is 0 Å². The Hall–Kier alpha value is -1.67. The summed E-state index contributed by atoms with van der Waals surface area (Å²) >= 11 is 2.87. The van der Waals surface area contributed by atoms with Crippen LogP contribution in [-0.4, -0.2) is 26.1 Å². The molecule has 0 radical (unpaired) electrons. The maximum atomic E-state index is 12.2. The van der Waals surface area contributed by atoms with Gasteiger partial charge in [-0.05, 0) is 27.2 Å². The van der Waals surface area contributed by atoms with Crippen molar-refractivity contribution in [1.82, 2.24) is 20.3 Å². The number of thioether (sulfide) groups is 1. The molecule has 1 atom stereocenters. The van der Waals surface area contributed by atoms with Crippen LogP contribution in [0.1, 0.15) is 35.1 Å². The van der Waals surface area contributed by atoms with Crippen molar-refractivity contribution in [3.63, 3.8) is 0 Å². The minimum atomic E-state index is -0.348. The number of hydrogen-bond acceptors (Lipinski definition) is 6. The van der Waals surface area contributed by atoms with E-state index in [1.54, 1.807) is 25.2 Å². The Morgan fingerprint density at radius 3 is 2.78 bits per heavy atom. The predicted molar refractivity (Wildman–Crippen MR) is 93.0 cm³/mol. The number of nitrogens with zero attached hydrogens (tertiary/aromatic N) is 2. The molecule has 0 saturated heterocycles. The number of hydrogen-bond donors (Lipinski definition) is 2. The summed E-state index contributed by atoms with van der Waals surface area (Å²) < 4.78 is 0. The standard InChI is InChI=1S/C15H20N4O2S2/c1-5-13-18-9(3)11(23-13)7-16-14(21)10(4)22-15-17-8(2)6-12(20)19-15/h6,10H,5,7H2,1-4H3,(H,16,21)(H,17,19,20)/t10-/m0/s1. The molecule has 2 rings (SSSR count). The third-order valence-corrected chi connectivity index (χ3v) is 5.45. The highest BCUT2D eigenvalue weighted by molar-refractivity contribution is 8.00. The molecule has 8 heteroatoms. The van der Waals surface area contributed by atoms with E-state index >= 15 is 0 Å². The van der Waals surface area contributed by atoms with Crippen LogP contribution < -0.4 is 10.9 Å². The molecule has 2 N–H and O–H groups in total. The number of carbonyl (C=O) groups excluding carboxylic acids is 1.